The number of amides is 2. The van der Waals surface area contributed by atoms with Gasteiger partial charge in [0.05, 0.1) is 19.6 Å². The van der Waals surface area contributed by atoms with Crippen molar-refractivity contribution in [3.05, 3.63) is 29.3 Å². The lowest BCUT2D eigenvalue weighted by atomic mass is 10.1. The lowest BCUT2D eigenvalue weighted by Crippen LogP contribution is -2.51. The van der Waals surface area contributed by atoms with E-state index in [-0.39, 0.29) is 11.8 Å². The summed E-state index contributed by atoms with van der Waals surface area (Å²) in [6.07, 6.45) is 0.381. The minimum atomic E-state index is 0.120. The predicted octanol–water partition coefficient (Wildman–Crippen LogP) is 2.08. The Labute approximate surface area is 163 Å². The van der Waals surface area contributed by atoms with Crippen LogP contribution >= 0.6 is 0 Å². The number of hydrogen-bond acceptors (Lipinski definition) is 4. The van der Waals surface area contributed by atoms with Crippen LogP contribution in [0.25, 0.3) is 0 Å². The molecule has 0 bridgehead atoms. The molecule has 0 N–H and O–H groups in total. The molecule has 0 atom stereocenters. The number of likely N-dealkylation sites (N-methyl/N-ethyl adjacent to an activating group) is 1. The van der Waals surface area contributed by atoms with E-state index >= 15 is 0 Å². The third kappa shape index (κ3) is 5.96. The largest absolute Gasteiger partial charge is 0.493 e. The van der Waals surface area contributed by atoms with Crippen LogP contribution in [0.4, 0.5) is 0 Å². The fourth-order valence-electron chi connectivity index (χ4n) is 3.31. The highest BCUT2D eigenvalue weighted by atomic mass is 16.5. The Kier molecular flexibility index (Phi) is 8.10. The Bertz CT molecular complexity index is 636. The Balaban J connectivity index is 1.72. The van der Waals surface area contributed by atoms with Crippen LogP contribution in [0.1, 0.15) is 31.4 Å². The Morgan fingerprint density at radius 1 is 1.07 bits per heavy atom. The van der Waals surface area contributed by atoms with E-state index in [2.05, 4.69) is 17.9 Å². The second-order valence-corrected chi connectivity index (χ2v) is 7.02. The first-order valence-corrected chi connectivity index (χ1v) is 9.93. The smallest absolute Gasteiger partial charge is 0.236 e. The highest BCUT2D eigenvalue weighted by Crippen LogP contribution is 2.20. The molecular formula is C21H33N3O3. The molecule has 1 heterocycles. The van der Waals surface area contributed by atoms with Gasteiger partial charge in [-0.2, -0.15) is 0 Å². The van der Waals surface area contributed by atoms with Gasteiger partial charge < -0.3 is 14.5 Å². The van der Waals surface area contributed by atoms with Crippen LogP contribution < -0.4 is 4.74 Å². The van der Waals surface area contributed by atoms with Crippen LogP contribution in [-0.2, 0) is 9.59 Å². The third-order valence-corrected chi connectivity index (χ3v) is 5.33. The molecule has 2 amide bonds. The molecule has 0 spiro atoms. The van der Waals surface area contributed by atoms with Crippen LogP contribution in [0, 0.1) is 13.8 Å². The maximum Gasteiger partial charge on any atom is 0.236 e. The van der Waals surface area contributed by atoms with Crippen LogP contribution in [0.3, 0.4) is 0 Å². The Morgan fingerprint density at radius 2 is 1.74 bits per heavy atom. The SMILES string of the molecule is CCN(CC)C(=O)CN1CCN(C(=O)CCOc2cccc(C)c2C)CC1. The van der Waals surface area contributed by atoms with Gasteiger partial charge in [0.1, 0.15) is 5.75 Å². The first kappa shape index (κ1) is 21.2. The van der Waals surface area contributed by atoms with E-state index in [0.29, 0.717) is 32.7 Å². The van der Waals surface area contributed by atoms with Crippen molar-refractivity contribution in [2.45, 2.75) is 34.1 Å². The summed E-state index contributed by atoms with van der Waals surface area (Å²) in [6, 6.07) is 5.97. The van der Waals surface area contributed by atoms with Crippen LogP contribution in [0.5, 0.6) is 5.75 Å². The molecule has 1 aromatic rings. The number of rotatable bonds is 8. The molecule has 1 fully saturated rings. The summed E-state index contributed by atoms with van der Waals surface area (Å²) in [5.41, 5.74) is 2.31. The quantitative estimate of drug-likeness (QED) is 0.698. The average molecular weight is 376 g/mol. The molecule has 6 nitrogen and oxygen atoms in total. The van der Waals surface area contributed by atoms with Gasteiger partial charge in [0.15, 0.2) is 0 Å². The third-order valence-electron chi connectivity index (χ3n) is 5.33. The highest BCUT2D eigenvalue weighted by molar-refractivity contribution is 5.78. The lowest BCUT2D eigenvalue weighted by molar-refractivity contribution is -0.135. The molecule has 0 radical (unpaired) electrons. The van der Waals surface area contributed by atoms with Gasteiger partial charge in [0.25, 0.3) is 0 Å². The normalized spacial score (nSPS) is 14.9. The summed E-state index contributed by atoms with van der Waals surface area (Å²) in [7, 11) is 0. The van der Waals surface area contributed by atoms with Crippen LogP contribution in [0.2, 0.25) is 0 Å². The topological polar surface area (TPSA) is 53.1 Å². The van der Waals surface area contributed by atoms with Crippen molar-refractivity contribution >= 4 is 11.8 Å². The molecule has 6 heteroatoms. The second kappa shape index (κ2) is 10.3. The maximum absolute atomic E-state index is 12.4. The molecule has 1 saturated heterocycles. The highest BCUT2D eigenvalue weighted by Gasteiger charge is 2.23. The van der Waals surface area contributed by atoms with E-state index in [1.165, 1.54) is 5.56 Å². The molecule has 0 unspecified atom stereocenters. The summed E-state index contributed by atoms with van der Waals surface area (Å²) in [5.74, 6) is 1.14. The average Bonchev–Trinajstić information content (AvgIpc) is 2.66. The van der Waals surface area contributed by atoms with Crippen LogP contribution in [-0.4, -0.2) is 78.9 Å². The van der Waals surface area contributed by atoms with Crippen molar-refractivity contribution in [1.82, 2.24) is 14.7 Å². The van der Waals surface area contributed by atoms with Gasteiger partial charge in [-0.05, 0) is 44.9 Å². The molecule has 0 saturated carbocycles. The number of ether oxygens (including phenoxy) is 1. The molecule has 1 aliphatic heterocycles. The zero-order chi connectivity index (χ0) is 19.8. The fraction of sp³-hybridized carbons (Fsp3) is 0.619. The minimum absolute atomic E-state index is 0.120. The lowest BCUT2D eigenvalue weighted by Gasteiger charge is -2.35. The standard InChI is InChI=1S/C21H33N3O3/c1-5-23(6-2)21(26)16-22-11-13-24(14-12-22)20(25)10-15-27-19-9-7-8-17(3)18(19)4/h7-9H,5-6,10-16H2,1-4H3. The molecule has 0 aliphatic carbocycles. The number of carbonyl (C=O) groups is 2. The van der Waals surface area contributed by atoms with E-state index in [9.17, 15) is 9.59 Å². The summed E-state index contributed by atoms with van der Waals surface area (Å²) < 4.78 is 5.80. The molecule has 2 rings (SSSR count). The molecular weight excluding hydrogens is 342 g/mol. The Hall–Kier alpha value is -2.08. The number of piperazine rings is 1. The summed E-state index contributed by atoms with van der Waals surface area (Å²) >= 11 is 0. The molecule has 150 valence electrons. The molecule has 1 aromatic carbocycles. The molecule has 1 aliphatic rings. The van der Waals surface area contributed by atoms with E-state index in [0.717, 1.165) is 37.5 Å². The van der Waals surface area contributed by atoms with Crippen molar-refractivity contribution in [3.63, 3.8) is 0 Å². The maximum atomic E-state index is 12.4. The van der Waals surface area contributed by atoms with Crippen molar-refractivity contribution in [2.24, 2.45) is 0 Å². The summed E-state index contributed by atoms with van der Waals surface area (Å²) in [5, 5.41) is 0. The number of benzene rings is 1. The first-order chi connectivity index (χ1) is 13.0. The van der Waals surface area contributed by atoms with Gasteiger partial charge in [-0.15, -0.1) is 0 Å². The first-order valence-electron chi connectivity index (χ1n) is 9.93. The van der Waals surface area contributed by atoms with Gasteiger partial charge in [0, 0.05) is 39.3 Å². The number of carbonyl (C=O) groups excluding carboxylic acids is 2. The van der Waals surface area contributed by atoms with Crippen molar-refractivity contribution in [1.29, 1.82) is 0 Å². The van der Waals surface area contributed by atoms with Gasteiger partial charge >= 0.3 is 0 Å². The number of aryl methyl sites for hydroxylation is 1. The van der Waals surface area contributed by atoms with Crippen molar-refractivity contribution in [3.8, 4) is 5.75 Å². The monoisotopic (exact) mass is 375 g/mol. The van der Waals surface area contributed by atoms with E-state index < -0.39 is 0 Å². The van der Waals surface area contributed by atoms with E-state index in [4.69, 9.17) is 4.74 Å². The van der Waals surface area contributed by atoms with Gasteiger partial charge in [-0.1, -0.05) is 12.1 Å². The van der Waals surface area contributed by atoms with Crippen molar-refractivity contribution < 1.29 is 14.3 Å². The summed E-state index contributed by atoms with van der Waals surface area (Å²) in [6.45, 7) is 13.3. The van der Waals surface area contributed by atoms with Gasteiger partial charge in [-0.25, -0.2) is 0 Å². The number of nitrogens with zero attached hydrogens (tertiary/aromatic N) is 3. The van der Waals surface area contributed by atoms with Crippen molar-refractivity contribution in [2.75, 3.05) is 52.4 Å². The van der Waals surface area contributed by atoms with E-state index in [1.807, 2.05) is 42.7 Å². The fourth-order valence-corrected chi connectivity index (χ4v) is 3.31. The Morgan fingerprint density at radius 3 is 2.37 bits per heavy atom. The van der Waals surface area contributed by atoms with Gasteiger partial charge in [0.2, 0.25) is 11.8 Å². The van der Waals surface area contributed by atoms with Crippen LogP contribution in [0.15, 0.2) is 18.2 Å². The summed E-state index contributed by atoms with van der Waals surface area (Å²) in [4.78, 5) is 30.5. The number of hydrogen-bond donors (Lipinski definition) is 0. The predicted molar refractivity (Wildman–Crippen MR) is 107 cm³/mol. The molecule has 0 aromatic heterocycles. The second-order valence-electron chi connectivity index (χ2n) is 7.02. The molecule has 27 heavy (non-hydrogen) atoms. The minimum Gasteiger partial charge on any atom is -0.493 e. The zero-order valence-electron chi connectivity index (χ0n) is 17.2. The van der Waals surface area contributed by atoms with E-state index in [1.54, 1.807) is 0 Å². The zero-order valence-corrected chi connectivity index (χ0v) is 17.2. The van der Waals surface area contributed by atoms with Gasteiger partial charge in [-0.3, -0.25) is 14.5 Å².